The highest BCUT2D eigenvalue weighted by Crippen LogP contribution is 2.21. The fourth-order valence-corrected chi connectivity index (χ4v) is 2.93. The van der Waals surface area contributed by atoms with Crippen molar-refractivity contribution in [1.29, 1.82) is 0 Å². The molecule has 0 radical (unpaired) electrons. The standard InChI is InChI=1S/C10H20N4O2S/c1-8-10(17(15,16)13(4)5)9(2)14(12-8)7-6-11-3/h11H,6-7H2,1-5H3. The Morgan fingerprint density at radius 3 is 2.41 bits per heavy atom. The Balaban J connectivity index is 3.23. The third-order valence-electron chi connectivity index (χ3n) is 2.63. The van der Waals surface area contributed by atoms with Gasteiger partial charge in [0, 0.05) is 20.6 Å². The van der Waals surface area contributed by atoms with Crippen LogP contribution in [0.1, 0.15) is 11.4 Å². The second-order valence-corrected chi connectivity index (χ2v) is 6.20. The van der Waals surface area contributed by atoms with Crippen molar-refractivity contribution in [2.24, 2.45) is 0 Å². The third-order valence-corrected chi connectivity index (χ3v) is 4.70. The quantitative estimate of drug-likeness (QED) is 0.807. The van der Waals surface area contributed by atoms with E-state index in [1.807, 2.05) is 7.05 Å². The minimum Gasteiger partial charge on any atom is -0.318 e. The average Bonchev–Trinajstić information content (AvgIpc) is 2.51. The lowest BCUT2D eigenvalue weighted by Gasteiger charge is -2.11. The smallest absolute Gasteiger partial charge is 0.246 e. The van der Waals surface area contributed by atoms with E-state index in [0.717, 1.165) is 6.54 Å². The summed E-state index contributed by atoms with van der Waals surface area (Å²) in [6.45, 7) is 4.92. The lowest BCUT2D eigenvalue weighted by molar-refractivity contribution is 0.518. The number of hydrogen-bond acceptors (Lipinski definition) is 4. The van der Waals surface area contributed by atoms with Gasteiger partial charge in [-0.3, -0.25) is 4.68 Å². The average molecular weight is 260 g/mol. The molecular weight excluding hydrogens is 240 g/mol. The Morgan fingerprint density at radius 1 is 1.35 bits per heavy atom. The van der Waals surface area contributed by atoms with Gasteiger partial charge < -0.3 is 5.32 Å². The molecule has 1 aromatic rings. The minimum absolute atomic E-state index is 0.318. The van der Waals surface area contributed by atoms with Gasteiger partial charge in [0.05, 0.1) is 17.9 Å². The van der Waals surface area contributed by atoms with Gasteiger partial charge >= 0.3 is 0 Å². The van der Waals surface area contributed by atoms with Crippen LogP contribution in [0.25, 0.3) is 0 Å². The van der Waals surface area contributed by atoms with E-state index in [-0.39, 0.29) is 0 Å². The SMILES string of the molecule is CNCCn1nc(C)c(S(=O)(=O)N(C)C)c1C. The molecule has 1 N–H and O–H groups in total. The largest absolute Gasteiger partial charge is 0.318 e. The molecule has 0 bridgehead atoms. The topological polar surface area (TPSA) is 67.2 Å². The summed E-state index contributed by atoms with van der Waals surface area (Å²) in [5.74, 6) is 0. The second kappa shape index (κ2) is 5.16. The third kappa shape index (κ3) is 2.67. The highest BCUT2D eigenvalue weighted by Gasteiger charge is 2.26. The Morgan fingerprint density at radius 2 is 1.94 bits per heavy atom. The Labute approximate surface area is 103 Å². The van der Waals surface area contributed by atoms with Crippen molar-refractivity contribution in [3.8, 4) is 0 Å². The summed E-state index contributed by atoms with van der Waals surface area (Å²) in [7, 11) is 1.49. The van der Waals surface area contributed by atoms with Crippen LogP contribution < -0.4 is 5.32 Å². The molecule has 0 amide bonds. The van der Waals surface area contributed by atoms with Crippen LogP contribution in [0.4, 0.5) is 0 Å². The first-order valence-corrected chi connectivity index (χ1v) is 6.87. The number of aryl methyl sites for hydroxylation is 1. The van der Waals surface area contributed by atoms with E-state index in [9.17, 15) is 8.42 Å². The van der Waals surface area contributed by atoms with Gasteiger partial charge in [-0.1, -0.05) is 0 Å². The maximum absolute atomic E-state index is 12.1. The molecule has 7 heteroatoms. The second-order valence-electron chi connectivity index (χ2n) is 4.11. The molecular formula is C10H20N4O2S. The summed E-state index contributed by atoms with van der Waals surface area (Å²) < 4.78 is 27.2. The van der Waals surface area contributed by atoms with Crippen LogP contribution in [-0.4, -0.2) is 50.2 Å². The van der Waals surface area contributed by atoms with E-state index in [2.05, 4.69) is 10.4 Å². The van der Waals surface area contributed by atoms with Crippen LogP contribution in [0.5, 0.6) is 0 Å². The zero-order chi connectivity index (χ0) is 13.2. The summed E-state index contributed by atoms with van der Waals surface area (Å²) in [6, 6.07) is 0. The summed E-state index contributed by atoms with van der Waals surface area (Å²) in [5, 5.41) is 7.28. The fourth-order valence-electron chi connectivity index (χ4n) is 1.67. The summed E-state index contributed by atoms with van der Waals surface area (Å²) in [4.78, 5) is 0.318. The zero-order valence-electron chi connectivity index (χ0n) is 11.0. The van der Waals surface area contributed by atoms with Gasteiger partial charge in [0.15, 0.2) is 0 Å². The molecule has 1 heterocycles. The van der Waals surface area contributed by atoms with E-state index in [1.54, 1.807) is 18.5 Å². The molecule has 17 heavy (non-hydrogen) atoms. The zero-order valence-corrected chi connectivity index (χ0v) is 11.8. The molecule has 1 aromatic heterocycles. The Hall–Kier alpha value is -0.920. The van der Waals surface area contributed by atoms with Gasteiger partial charge in [0.1, 0.15) is 4.90 Å². The highest BCUT2D eigenvalue weighted by atomic mass is 32.2. The minimum atomic E-state index is -3.41. The lowest BCUT2D eigenvalue weighted by atomic mass is 10.4. The molecule has 1 rings (SSSR count). The van der Waals surface area contributed by atoms with Crippen LogP contribution in [0, 0.1) is 13.8 Å². The molecule has 0 aliphatic carbocycles. The van der Waals surface area contributed by atoms with Crippen LogP contribution in [-0.2, 0) is 16.6 Å². The van der Waals surface area contributed by atoms with Gasteiger partial charge in [-0.25, -0.2) is 12.7 Å². The fraction of sp³-hybridized carbons (Fsp3) is 0.700. The Bertz CT molecular complexity index is 491. The van der Waals surface area contributed by atoms with Crippen molar-refractivity contribution < 1.29 is 8.42 Å². The number of nitrogens with zero attached hydrogens (tertiary/aromatic N) is 3. The number of aromatic nitrogens is 2. The van der Waals surface area contributed by atoms with Crippen LogP contribution in [0.2, 0.25) is 0 Å². The van der Waals surface area contributed by atoms with E-state index in [1.165, 1.54) is 18.4 Å². The molecule has 0 aliphatic heterocycles. The molecule has 0 fully saturated rings. The van der Waals surface area contributed by atoms with Gasteiger partial charge in [0.2, 0.25) is 10.0 Å². The summed E-state index contributed by atoms with van der Waals surface area (Å²) >= 11 is 0. The van der Waals surface area contributed by atoms with Crippen LogP contribution in [0.15, 0.2) is 4.90 Å². The molecule has 6 nitrogen and oxygen atoms in total. The van der Waals surface area contributed by atoms with Gasteiger partial charge in [-0.05, 0) is 20.9 Å². The molecule has 0 atom stereocenters. The molecule has 0 saturated carbocycles. The van der Waals surface area contributed by atoms with Gasteiger partial charge in [0.25, 0.3) is 0 Å². The number of rotatable bonds is 5. The number of hydrogen-bond donors (Lipinski definition) is 1. The van der Waals surface area contributed by atoms with Crippen LogP contribution >= 0.6 is 0 Å². The molecule has 98 valence electrons. The highest BCUT2D eigenvalue weighted by molar-refractivity contribution is 7.89. The van der Waals surface area contributed by atoms with E-state index in [4.69, 9.17) is 0 Å². The maximum Gasteiger partial charge on any atom is 0.246 e. The van der Waals surface area contributed by atoms with Crippen LogP contribution in [0.3, 0.4) is 0 Å². The number of nitrogens with one attached hydrogen (secondary N) is 1. The normalized spacial score (nSPS) is 12.4. The van der Waals surface area contributed by atoms with Crippen molar-refractivity contribution in [1.82, 2.24) is 19.4 Å². The molecule has 0 aromatic carbocycles. The molecule has 0 unspecified atom stereocenters. The molecule has 0 spiro atoms. The van der Waals surface area contributed by atoms with Crippen molar-refractivity contribution in [2.75, 3.05) is 27.7 Å². The Kier molecular flexibility index (Phi) is 4.29. The summed E-state index contributed by atoms with van der Waals surface area (Å²) in [5.41, 5.74) is 1.23. The number of sulfonamides is 1. The van der Waals surface area contributed by atoms with E-state index >= 15 is 0 Å². The van der Waals surface area contributed by atoms with Crippen molar-refractivity contribution in [3.63, 3.8) is 0 Å². The van der Waals surface area contributed by atoms with Gasteiger partial charge in [-0.15, -0.1) is 0 Å². The molecule has 0 aliphatic rings. The van der Waals surface area contributed by atoms with Gasteiger partial charge in [-0.2, -0.15) is 5.10 Å². The first-order chi connectivity index (χ1) is 7.82. The molecule has 0 saturated heterocycles. The van der Waals surface area contributed by atoms with Crippen molar-refractivity contribution in [3.05, 3.63) is 11.4 Å². The lowest BCUT2D eigenvalue weighted by Crippen LogP contribution is -2.23. The number of likely N-dealkylation sites (N-methyl/N-ethyl adjacent to an activating group) is 1. The van der Waals surface area contributed by atoms with Crippen molar-refractivity contribution in [2.45, 2.75) is 25.3 Å². The van der Waals surface area contributed by atoms with E-state index < -0.39 is 10.0 Å². The summed E-state index contributed by atoms with van der Waals surface area (Å²) in [6.07, 6.45) is 0. The van der Waals surface area contributed by atoms with E-state index in [0.29, 0.717) is 22.8 Å². The predicted molar refractivity (Wildman–Crippen MR) is 66.5 cm³/mol. The first kappa shape index (κ1) is 14.1. The van der Waals surface area contributed by atoms with Crippen molar-refractivity contribution >= 4 is 10.0 Å². The monoisotopic (exact) mass is 260 g/mol. The predicted octanol–water partition coefficient (Wildman–Crippen LogP) is -0.0304. The first-order valence-electron chi connectivity index (χ1n) is 5.43. The maximum atomic E-state index is 12.1.